The number of alkyl halides is 1. The van der Waals surface area contributed by atoms with Crippen LogP contribution in [0.25, 0.3) is 11.0 Å². The minimum absolute atomic E-state index is 0.501. The smallest absolute Gasteiger partial charge is 0.124 e. The quantitative estimate of drug-likeness (QED) is 0.743. The summed E-state index contributed by atoms with van der Waals surface area (Å²) in [5, 5.41) is 0. The van der Waals surface area contributed by atoms with Crippen LogP contribution in [0.5, 0.6) is 0 Å². The Labute approximate surface area is 100 Å². The van der Waals surface area contributed by atoms with Crippen LogP contribution in [-0.4, -0.2) is 9.55 Å². The van der Waals surface area contributed by atoms with Crippen molar-refractivity contribution in [2.45, 2.75) is 31.7 Å². The Morgan fingerprint density at radius 1 is 1.31 bits per heavy atom. The lowest BCUT2D eigenvalue weighted by Crippen LogP contribution is -2.19. The van der Waals surface area contributed by atoms with Crippen LogP contribution in [0.3, 0.4) is 0 Å². The third-order valence-electron chi connectivity index (χ3n) is 3.52. The Hall–Kier alpha value is -1.02. The molecule has 0 amide bonds. The van der Waals surface area contributed by atoms with Crippen LogP contribution in [-0.2, 0) is 12.4 Å². The van der Waals surface area contributed by atoms with Gasteiger partial charge < -0.3 is 4.57 Å². The van der Waals surface area contributed by atoms with Crippen molar-refractivity contribution in [1.82, 2.24) is 9.55 Å². The van der Waals surface area contributed by atoms with Gasteiger partial charge >= 0.3 is 0 Å². The molecule has 0 atom stereocenters. The molecule has 1 aliphatic rings. The molecule has 2 aromatic rings. The minimum Gasteiger partial charge on any atom is -0.327 e. The molecule has 0 aliphatic heterocycles. The summed E-state index contributed by atoms with van der Waals surface area (Å²) in [7, 11) is 0. The van der Waals surface area contributed by atoms with Crippen LogP contribution >= 0.6 is 11.6 Å². The molecule has 0 saturated heterocycles. The van der Waals surface area contributed by atoms with E-state index in [0.29, 0.717) is 5.88 Å². The van der Waals surface area contributed by atoms with Gasteiger partial charge in [-0.3, -0.25) is 0 Å². The highest BCUT2D eigenvalue weighted by Gasteiger charge is 2.20. The second-order valence-corrected chi connectivity index (χ2v) is 4.83. The number of rotatable bonds is 3. The topological polar surface area (TPSA) is 17.8 Å². The molecule has 16 heavy (non-hydrogen) atoms. The Morgan fingerprint density at radius 3 is 2.81 bits per heavy atom. The monoisotopic (exact) mass is 234 g/mol. The van der Waals surface area contributed by atoms with Crippen molar-refractivity contribution in [2.24, 2.45) is 5.92 Å². The van der Waals surface area contributed by atoms with E-state index in [0.717, 1.165) is 23.8 Å². The second-order valence-electron chi connectivity index (χ2n) is 4.56. The van der Waals surface area contributed by atoms with E-state index in [9.17, 15) is 0 Å². The van der Waals surface area contributed by atoms with E-state index in [-0.39, 0.29) is 0 Å². The van der Waals surface area contributed by atoms with Gasteiger partial charge in [0.25, 0.3) is 0 Å². The van der Waals surface area contributed by atoms with E-state index in [1.165, 1.54) is 24.8 Å². The van der Waals surface area contributed by atoms with Gasteiger partial charge in [-0.05, 0) is 30.9 Å². The lowest BCUT2D eigenvalue weighted by molar-refractivity contribution is 0.277. The SMILES string of the molecule is ClCc1nc2ccccc2n1CC1CCC1. The number of para-hydroxylation sites is 2. The van der Waals surface area contributed by atoms with Crippen LogP contribution in [0.1, 0.15) is 25.1 Å². The number of hydrogen-bond acceptors (Lipinski definition) is 1. The van der Waals surface area contributed by atoms with Gasteiger partial charge in [-0.15, -0.1) is 11.6 Å². The highest BCUT2D eigenvalue weighted by molar-refractivity contribution is 6.16. The lowest BCUT2D eigenvalue weighted by atomic mass is 9.85. The van der Waals surface area contributed by atoms with Crippen molar-refractivity contribution in [3.63, 3.8) is 0 Å². The van der Waals surface area contributed by atoms with Gasteiger partial charge in [0, 0.05) is 6.54 Å². The fourth-order valence-corrected chi connectivity index (χ4v) is 2.57. The summed E-state index contributed by atoms with van der Waals surface area (Å²) < 4.78 is 2.30. The first-order valence-electron chi connectivity index (χ1n) is 5.88. The Kier molecular flexibility index (Phi) is 2.60. The fourth-order valence-electron chi connectivity index (χ4n) is 2.36. The van der Waals surface area contributed by atoms with Gasteiger partial charge in [-0.1, -0.05) is 18.6 Å². The van der Waals surface area contributed by atoms with Gasteiger partial charge in [0.1, 0.15) is 5.82 Å². The molecule has 1 heterocycles. The Balaban J connectivity index is 2.04. The molecule has 0 bridgehead atoms. The van der Waals surface area contributed by atoms with E-state index in [1.807, 2.05) is 6.07 Å². The molecule has 1 aliphatic carbocycles. The molecule has 0 radical (unpaired) electrons. The van der Waals surface area contributed by atoms with Crippen molar-refractivity contribution >= 4 is 22.6 Å². The minimum atomic E-state index is 0.501. The fraction of sp³-hybridized carbons (Fsp3) is 0.462. The Morgan fingerprint density at radius 2 is 2.12 bits per heavy atom. The average molecular weight is 235 g/mol. The number of halogens is 1. The number of aromatic nitrogens is 2. The van der Waals surface area contributed by atoms with E-state index < -0.39 is 0 Å². The van der Waals surface area contributed by atoms with Crippen molar-refractivity contribution in [3.8, 4) is 0 Å². The number of nitrogens with zero attached hydrogens (tertiary/aromatic N) is 2. The molecule has 2 nitrogen and oxygen atoms in total. The van der Waals surface area contributed by atoms with Crippen molar-refractivity contribution < 1.29 is 0 Å². The van der Waals surface area contributed by atoms with Crippen LogP contribution < -0.4 is 0 Å². The maximum absolute atomic E-state index is 5.96. The molecule has 0 unspecified atom stereocenters. The zero-order valence-electron chi connectivity index (χ0n) is 9.19. The summed E-state index contributed by atoms with van der Waals surface area (Å²) in [4.78, 5) is 4.57. The Bertz CT molecular complexity index is 500. The van der Waals surface area contributed by atoms with Crippen molar-refractivity contribution in [2.75, 3.05) is 0 Å². The number of benzene rings is 1. The first-order chi connectivity index (χ1) is 7.88. The summed E-state index contributed by atoms with van der Waals surface area (Å²) in [5.41, 5.74) is 2.29. The molecule has 0 N–H and O–H groups in total. The molecule has 1 fully saturated rings. The zero-order chi connectivity index (χ0) is 11.0. The van der Waals surface area contributed by atoms with Crippen molar-refractivity contribution in [1.29, 1.82) is 0 Å². The van der Waals surface area contributed by atoms with Crippen LogP contribution in [0.15, 0.2) is 24.3 Å². The maximum atomic E-state index is 5.96. The molecule has 3 heteroatoms. The predicted octanol–water partition coefficient (Wildman–Crippen LogP) is 3.58. The van der Waals surface area contributed by atoms with Crippen molar-refractivity contribution in [3.05, 3.63) is 30.1 Å². The molecule has 0 spiro atoms. The highest BCUT2D eigenvalue weighted by Crippen LogP contribution is 2.30. The number of fused-ring (bicyclic) bond motifs is 1. The predicted molar refractivity (Wildman–Crippen MR) is 66.6 cm³/mol. The van der Waals surface area contributed by atoms with Gasteiger partial charge in [-0.25, -0.2) is 4.98 Å². The normalized spacial score (nSPS) is 16.6. The number of imidazole rings is 1. The first-order valence-corrected chi connectivity index (χ1v) is 6.42. The largest absolute Gasteiger partial charge is 0.327 e. The van der Waals surface area contributed by atoms with E-state index in [1.54, 1.807) is 0 Å². The molecule has 1 aromatic carbocycles. The number of hydrogen-bond donors (Lipinski definition) is 0. The maximum Gasteiger partial charge on any atom is 0.124 e. The summed E-state index contributed by atoms with van der Waals surface area (Å²) in [5.74, 6) is 2.34. The van der Waals surface area contributed by atoms with Gasteiger partial charge in [0.15, 0.2) is 0 Å². The second kappa shape index (κ2) is 4.10. The molecule has 84 valence electrons. The summed E-state index contributed by atoms with van der Waals surface area (Å²) >= 11 is 5.96. The van der Waals surface area contributed by atoms with E-state index >= 15 is 0 Å². The van der Waals surface area contributed by atoms with Crippen LogP contribution in [0.2, 0.25) is 0 Å². The summed E-state index contributed by atoms with van der Waals surface area (Å²) in [6.45, 7) is 1.09. The van der Waals surface area contributed by atoms with E-state index in [2.05, 4.69) is 27.8 Å². The third-order valence-corrected chi connectivity index (χ3v) is 3.76. The summed E-state index contributed by atoms with van der Waals surface area (Å²) in [6.07, 6.45) is 4.09. The standard InChI is InChI=1S/C13H15ClN2/c14-8-13-15-11-6-1-2-7-12(11)16(13)9-10-4-3-5-10/h1-2,6-7,10H,3-5,8-9H2. The molecular formula is C13H15ClN2. The van der Waals surface area contributed by atoms with Gasteiger partial charge in [-0.2, -0.15) is 0 Å². The summed E-state index contributed by atoms with van der Waals surface area (Å²) in [6, 6.07) is 8.29. The zero-order valence-corrected chi connectivity index (χ0v) is 9.95. The van der Waals surface area contributed by atoms with Crippen LogP contribution in [0, 0.1) is 5.92 Å². The highest BCUT2D eigenvalue weighted by atomic mass is 35.5. The van der Waals surface area contributed by atoms with Gasteiger partial charge in [0.05, 0.1) is 16.9 Å². The molecule has 1 saturated carbocycles. The molecule has 3 rings (SSSR count). The lowest BCUT2D eigenvalue weighted by Gasteiger charge is -2.26. The molecule has 1 aromatic heterocycles. The first kappa shape index (κ1) is 10.2. The average Bonchev–Trinajstić information content (AvgIpc) is 2.61. The van der Waals surface area contributed by atoms with E-state index in [4.69, 9.17) is 11.6 Å². The molecular weight excluding hydrogens is 220 g/mol. The third kappa shape index (κ3) is 1.61. The van der Waals surface area contributed by atoms with Gasteiger partial charge in [0.2, 0.25) is 0 Å². The van der Waals surface area contributed by atoms with Crippen LogP contribution in [0.4, 0.5) is 0 Å².